The van der Waals surface area contributed by atoms with Gasteiger partial charge in [0.2, 0.25) is 5.91 Å². The van der Waals surface area contributed by atoms with E-state index < -0.39 is 10.0 Å². The molecule has 0 radical (unpaired) electrons. The standard InChI is InChI=1S/C26H37N3O3S/c1-3-23-11-6-7-12-25(23)29(33(31,32)24-15-13-22(2)14-16-24)21-26(30)27-17-10-20-28-18-8-4-5-9-19-28/h6-7,11-16H,3-5,8-10,17-21H2,1-2H3,(H,27,30). The number of nitrogens with one attached hydrogen (secondary N) is 1. The number of sulfonamides is 1. The number of carbonyl (C=O) groups excluding carboxylic acids is 1. The molecule has 0 atom stereocenters. The Hall–Kier alpha value is -2.38. The number of aryl methyl sites for hydroxylation is 2. The molecule has 2 aromatic carbocycles. The van der Waals surface area contributed by atoms with Gasteiger partial charge in [-0.3, -0.25) is 9.10 Å². The summed E-state index contributed by atoms with van der Waals surface area (Å²) in [5.74, 6) is -0.285. The van der Waals surface area contributed by atoms with Crippen LogP contribution in [-0.2, 0) is 21.2 Å². The first-order chi connectivity index (χ1) is 15.9. The summed E-state index contributed by atoms with van der Waals surface area (Å²) in [5, 5.41) is 2.94. The van der Waals surface area contributed by atoms with Gasteiger partial charge in [0.15, 0.2) is 0 Å². The molecule has 1 saturated heterocycles. The van der Waals surface area contributed by atoms with Crippen molar-refractivity contribution in [3.63, 3.8) is 0 Å². The van der Waals surface area contributed by atoms with Gasteiger partial charge in [-0.2, -0.15) is 0 Å². The number of rotatable bonds is 10. The number of para-hydroxylation sites is 1. The fraction of sp³-hybridized carbons (Fsp3) is 0.500. The van der Waals surface area contributed by atoms with Crippen LogP contribution < -0.4 is 9.62 Å². The maximum Gasteiger partial charge on any atom is 0.264 e. The van der Waals surface area contributed by atoms with Gasteiger partial charge in [-0.1, -0.05) is 55.7 Å². The van der Waals surface area contributed by atoms with Crippen LogP contribution in [0.2, 0.25) is 0 Å². The highest BCUT2D eigenvalue weighted by Crippen LogP contribution is 2.27. The number of carbonyl (C=O) groups is 1. The molecule has 180 valence electrons. The Morgan fingerprint density at radius 2 is 1.67 bits per heavy atom. The molecule has 1 fully saturated rings. The van der Waals surface area contributed by atoms with E-state index in [-0.39, 0.29) is 17.3 Å². The minimum absolute atomic E-state index is 0.188. The first-order valence-corrected chi connectivity index (χ1v) is 13.5. The van der Waals surface area contributed by atoms with Crippen molar-refractivity contribution >= 4 is 21.6 Å². The van der Waals surface area contributed by atoms with Gasteiger partial charge >= 0.3 is 0 Å². The van der Waals surface area contributed by atoms with Crippen LogP contribution in [0.25, 0.3) is 0 Å². The number of benzene rings is 2. The molecule has 0 aromatic heterocycles. The van der Waals surface area contributed by atoms with E-state index >= 15 is 0 Å². The monoisotopic (exact) mass is 471 g/mol. The van der Waals surface area contributed by atoms with Crippen molar-refractivity contribution in [1.82, 2.24) is 10.2 Å². The Balaban J connectivity index is 1.70. The van der Waals surface area contributed by atoms with Crippen molar-refractivity contribution in [2.24, 2.45) is 0 Å². The van der Waals surface area contributed by atoms with Gasteiger partial charge in [0, 0.05) is 6.54 Å². The first-order valence-electron chi connectivity index (χ1n) is 12.1. The third kappa shape index (κ3) is 7.05. The van der Waals surface area contributed by atoms with E-state index in [1.807, 2.05) is 32.0 Å². The molecule has 2 aromatic rings. The zero-order valence-corrected chi connectivity index (χ0v) is 20.7. The predicted molar refractivity (Wildman–Crippen MR) is 134 cm³/mol. The molecule has 0 unspecified atom stereocenters. The fourth-order valence-corrected chi connectivity index (χ4v) is 5.73. The normalized spacial score (nSPS) is 15.1. The van der Waals surface area contributed by atoms with Crippen LogP contribution in [-0.4, -0.2) is 51.9 Å². The highest BCUT2D eigenvalue weighted by molar-refractivity contribution is 7.92. The average molecular weight is 472 g/mol. The number of nitrogens with zero attached hydrogens (tertiary/aromatic N) is 2. The molecule has 33 heavy (non-hydrogen) atoms. The summed E-state index contributed by atoms with van der Waals surface area (Å²) in [6.45, 7) is 7.43. The highest BCUT2D eigenvalue weighted by Gasteiger charge is 2.28. The van der Waals surface area contributed by atoms with E-state index in [0.29, 0.717) is 18.7 Å². The summed E-state index contributed by atoms with van der Waals surface area (Å²) in [4.78, 5) is 15.5. The van der Waals surface area contributed by atoms with Gasteiger partial charge in [0.05, 0.1) is 10.6 Å². The van der Waals surface area contributed by atoms with Gasteiger partial charge in [-0.05, 0) is 76.0 Å². The SMILES string of the molecule is CCc1ccccc1N(CC(=O)NCCCN1CCCCCC1)S(=O)(=O)c1ccc(C)cc1. The lowest BCUT2D eigenvalue weighted by Gasteiger charge is -2.26. The lowest BCUT2D eigenvalue weighted by atomic mass is 10.1. The molecule has 0 saturated carbocycles. The van der Waals surface area contributed by atoms with Crippen molar-refractivity contribution in [2.45, 2.75) is 57.3 Å². The van der Waals surface area contributed by atoms with Gasteiger partial charge < -0.3 is 10.2 Å². The van der Waals surface area contributed by atoms with E-state index in [1.165, 1.54) is 30.0 Å². The molecular weight excluding hydrogens is 434 g/mol. The smallest absolute Gasteiger partial charge is 0.264 e. The Bertz CT molecular complexity index is 998. The Kier molecular flexibility index (Phi) is 9.32. The molecule has 6 nitrogen and oxygen atoms in total. The van der Waals surface area contributed by atoms with Crippen LogP contribution in [0.3, 0.4) is 0 Å². The second-order valence-electron chi connectivity index (χ2n) is 8.77. The summed E-state index contributed by atoms with van der Waals surface area (Å²) in [6.07, 6.45) is 6.63. The molecule has 1 heterocycles. The van der Waals surface area contributed by atoms with E-state index in [4.69, 9.17) is 0 Å². The third-order valence-corrected chi connectivity index (χ3v) is 7.98. The van der Waals surface area contributed by atoms with Crippen LogP contribution in [0.5, 0.6) is 0 Å². The Morgan fingerprint density at radius 1 is 1.00 bits per heavy atom. The van der Waals surface area contributed by atoms with Gasteiger partial charge in [-0.25, -0.2) is 8.42 Å². The highest BCUT2D eigenvalue weighted by atomic mass is 32.2. The Morgan fingerprint density at radius 3 is 2.33 bits per heavy atom. The van der Waals surface area contributed by atoms with Crippen LogP contribution in [0.1, 0.15) is 50.2 Å². The predicted octanol–water partition coefficient (Wildman–Crippen LogP) is 4.14. The summed E-state index contributed by atoms with van der Waals surface area (Å²) in [5.41, 5.74) is 2.43. The number of hydrogen-bond acceptors (Lipinski definition) is 4. The molecule has 0 bridgehead atoms. The average Bonchev–Trinajstić information content (AvgIpc) is 3.09. The third-order valence-electron chi connectivity index (χ3n) is 6.21. The largest absolute Gasteiger partial charge is 0.354 e. The Labute approximate surface area is 199 Å². The lowest BCUT2D eigenvalue weighted by Crippen LogP contribution is -2.42. The van der Waals surface area contributed by atoms with Crippen molar-refractivity contribution in [3.05, 3.63) is 59.7 Å². The molecule has 1 amide bonds. The second-order valence-corrected chi connectivity index (χ2v) is 10.6. The first kappa shape index (κ1) is 25.2. The minimum Gasteiger partial charge on any atom is -0.354 e. The maximum atomic E-state index is 13.6. The molecule has 1 aliphatic rings. The topological polar surface area (TPSA) is 69.7 Å². The van der Waals surface area contributed by atoms with Crippen LogP contribution >= 0.6 is 0 Å². The molecule has 1 N–H and O–H groups in total. The lowest BCUT2D eigenvalue weighted by molar-refractivity contribution is -0.119. The van der Waals surface area contributed by atoms with Crippen molar-refractivity contribution in [1.29, 1.82) is 0 Å². The quantitative estimate of drug-likeness (QED) is 0.529. The van der Waals surface area contributed by atoms with E-state index in [9.17, 15) is 13.2 Å². The summed E-state index contributed by atoms with van der Waals surface area (Å²) < 4.78 is 28.4. The zero-order chi connectivity index (χ0) is 23.7. The van der Waals surface area contributed by atoms with Crippen molar-refractivity contribution in [2.75, 3.05) is 37.0 Å². The van der Waals surface area contributed by atoms with E-state index in [2.05, 4.69) is 10.2 Å². The van der Waals surface area contributed by atoms with Crippen LogP contribution in [0, 0.1) is 6.92 Å². The molecule has 0 spiro atoms. The van der Waals surface area contributed by atoms with Gasteiger partial charge in [-0.15, -0.1) is 0 Å². The van der Waals surface area contributed by atoms with Gasteiger partial charge in [0.1, 0.15) is 6.54 Å². The summed E-state index contributed by atoms with van der Waals surface area (Å²) >= 11 is 0. The minimum atomic E-state index is -3.89. The number of hydrogen-bond donors (Lipinski definition) is 1. The fourth-order valence-electron chi connectivity index (χ4n) is 4.27. The van der Waals surface area contributed by atoms with E-state index in [1.54, 1.807) is 30.3 Å². The zero-order valence-electron chi connectivity index (χ0n) is 19.9. The summed E-state index contributed by atoms with van der Waals surface area (Å²) in [7, 11) is -3.89. The second kappa shape index (κ2) is 12.2. The molecule has 0 aliphatic carbocycles. The maximum absolute atomic E-state index is 13.6. The number of likely N-dealkylation sites (tertiary alicyclic amines) is 1. The molecular formula is C26H37N3O3S. The van der Waals surface area contributed by atoms with E-state index in [0.717, 1.165) is 37.2 Å². The number of anilines is 1. The van der Waals surface area contributed by atoms with Crippen LogP contribution in [0.4, 0.5) is 5.69 Å². The van der Waals surface area contributed by atoms with Gasteiger partial charge in [0.25, 0.3) is 10.0 Å². The van der Waals surface area contributed by atoms with Crippen molar-refractivity contribution < 1.29 is 13.2 Å². The summed E-state index contributed by atoms with van der Waals surface area (Å²) in [6, 6.07) is 14.1. The number of amides is 1. The van der Waals surface area contributed by atoms with Crippen LogP contribution in [0.15, 0.2) is 53.4 Å². The van der Waals surface area contributed by atoms with Crippen molar-refractivity contribution in [3.8, 4) is 0 Å². The molecule has 1 aliphatic heterocycles. The molecule has 7 heteroatoms. The molecule has 3 rings (SSSR count).